The molecule has 1 fully saturated rings. The number of carbonyl (C=O) groups excluding carboxylic acids is 2. The summed E-state index contributed by atoms with van der Waals surface area (Å²) in [6.45, 7) is 1.57. The molecule has 3 aromatic rings. The first-order chi connectivity index (χ1) is 13.0. The zero-order valence-electron chi connectivity index (χ0n) is 14.5. The first-order valence-electron chi connectivity index (χ1n) is 8.45. The number of hydrogen-bond acceptors (Lipinski definition) is 4. The smallest absolute Gasteiger partial charge is 0.332 e. The topological polar surface area (TPSA) is 66.7 Å². The third-order valence-electron chi connectivity index (χ3n) is 4.46. The lowest BCUT2D eigenvalue weighted by molar-refractivity contribution is -0.127. The van der Waals surface area contributed by atoms with E-state index < -0.39 is 17.9 Å². The normalized spacial score (nSPS) is 17.0. The monoisotopic (exact) mass is 365 g/mol. The number of hydrogen-bond donors (Lipinski definition) is 0. The van der Waals surface area contributed by atoms with Gasteiger partial charge >= 0.3 is 6.03 Å². The highest BCUT2D eigenvalue weighted by molar-refractivity contribution is 6.13. The summed E-state index contributed by atoms with van der Waals surface area (Å²) >= 11 is 0. The van der Waals surface area contributed by atoms with Crippen molar-refractivity contribution in [3.05, 3.63) is 72.5 Å². The molecule has 6 nitrogen and oxygen atoms in total. The maximum absolute atomic E-state index is 13.1. The number of amides is 3. The molecule has 1 atom stereocenters. The number of rotatable bonds is 4. The second-order valence-corrected chi connectivity index (χ2v) is 6.21. The van der Waals surface area contributed by atoms with E-state index in [1.807, 2.05) is 30.3 Å². The Balaban J connectivity index is 1.56. The molecule has 7 heteroatoms. The number of carbonyl (C=O) groups is 2. The van der Waals surface area contributed by atoms with Gasteiger partial charge in [0, 0.05) is 11.3 Å². The van der Waals surface area contributed by atoms with Crippen molar-refractivity contribution in [3.63, 3.8) is 0 Å². The van der Waals surface area contributed by atoms with Crippen molar-refractivity contribution in [3.8, 4) is 11.3 Å². The van der Waals surface area contributed by atoms with Gasteiger partial charge in [0.05, 0.1) is 6.20 Å². The molecular formula is C20H16FN3O3. The third kappa shape index (κ3) is 3.08. The molecule has 1 aromatic heterocycles. The summed E-state index contributed by atoms with van der Waals surface area (Å²) in [6.07, 6.45) is 1.57. The lowest BCUT2D eigenvalue weighted by atomic mass is 10.2. The van der Waals surface area contributed by atoms with E-state index in [2.05, 4.69) is 4.98 Å². The van der Waals surface area contributed by atoms with E-state index in [-0.39, 0.29) is 18.3 Å². The Morgan fingerprint density at radius 3 is 2.48 bits per heavy atom. The number of urea groups is 1. The Morgan fingerprint density at radius 1 is 1.07 bits per heavy atom. The highest BCUT2D eigenvalue weighted by Crippen LogP contribution is 2.28. The molecule has 0 spiro atoms. The van der Waals surface area contributed by atoms with Gasteiger partial charge in [-0.15, -0.1) is 0 Å². The molecule has 0 aliphatic carbocycles. The van der Waals surface area contributed by atoms with E-state index in [1.165, 1.54) is 29.2 Å². The maximum Gasteiger partial charge on any atom is 0.332 e. The first kappa shape index (κ1) is 17.0. The number of benzene rings is 2. The van der Waals surface area contributed by atoms with Gasteiger partial charge in [-0.1, -0.05) is 30.3 Å². The third-order valence-corrected chi connectivity index (χ3v) is 4.46. The van der Waals surface area contributed by atoms with Gasteiger partial charge in [-0.25, -0.2) is 14.2 Å². The molecule has 4 rings (SSSR count). The van der Waals surface area contributed by atoms with Crippen LogP contribution in [0.5, 0.6) is 0 Å². The maximum atomic E-state index is 13.1. The van der Waals surface area contributed by atoms with Crippen molar-refractivity contribution >= 4 is 17.6 Å². The SMILES string of the molecule is C[C@H]1C(=O)N(Cc2ncc(-c3ccccc3)o2)C(=O)N1c1ccc(F)cc1. The highest BCUT2D eigenvalue weighted by Gasteiger charge is 2.43. The molecule has 0 bridgehead atoms. The Kier molecular flexibility index (Phi) is 4.19. The van der Waals surface area contributed by atoms with Crippen LogP contribution in [0.2, 0.25) is 0 Å². The van der Waals surface area contributed by atoms with Crippen LogP contribution in [0.25, 0.3) is 11.3 Å². The zero-order chi connectivity index (χ0) is 19.0. The molecular weight excluding hydrogens is 349 g/mol. The Hall–Kier alpha value is -3.48. The Morgan fingerprint density at radius 2 is 1.78 bits per heavy atom. The standard InChI is InChI=1S/C20H16FN3O3/c1-13-19(25)23(20(26)24(13)16-9-7-15(21)8-10-16)12-18-22-11-17(27-18)14-5-3-2-4-6-14/h2-11,13H,12H2,1H3/t13-/m0/s1. The minimum absolute atomic E-state index is 0.0630. The lowest BCUT2D eigenvalue weighted by Crippen LogP contribution is -2.33. The van der Waals surface area contributed by atoms with Crippen molar-refractivity contribution < 1.29 is 18.4 Å². The molecule has 0 radical (unpaired) electrons. The predicted octanol–water partition coefficient (Wildman–Crippen LogP) is 3.84. The summed E-state index contributed by atoms with van der Waals surface area (Å²) in [5.41, 5.74) is 1.32. The summed E-state index contributed by atoms with van der Waals surface area (Å²) in [5, 5.41) is 0. The van der Waals surface area contributed by atoms with Gasteiger partial charge in [0.25, 0.3) is 5.91 Å². The summed E-state index contributed by atoms with van der Waals surface area (Å²) in [5.74, 6) is 0.0649. The van der Waals surface area contributed by atoms with Crippen LogP contribution >= 0.6 is 0 Å². The van der Waals surface area contributed by atoms with Crippen LogP contribution in [-0.4, -0.2) is 27.9 Å². The van der Waals surface area contributed by atoms with Crippen LogP contribution in [0.1, 0.15) is 12.8 Å². The molecule has 2 aromatic carbocycles. The van der Waals surface area contributed by atoms with Gasteiger partial charge in [0.15, 0.2) is 5.76 Å². The van der Waals surface area contributed by atoms with Gasteiger partial charge in [-0.3, -0.25) is 14.6 Å². The van der Waals surface area contributed by atoms with Crippen LogP contribution in [0.15, 0.2) is 65.2 Å². The molecule has 1 aliphatic rings. The van der Waals surface area contributed by atoms with Crippen molar-refractivity contribution in [2.24, 2.45) is 0 Å². The highest BCUT2D eigenvalue weighted by atomic mass is 19.1. The van der Waals surface area contributed by atoms with E-state index >= 15 is 0 Å². The van der Waals surface area contributed by atoms with Crippen molar-refractivity contribution in [1.29, 1.82) is 0 Å². The number of anilines is 1. The summed E-state index contributed by atoms with van der Waals surface area (Å²) in [7, 11) is 0. The van der Waals surface area contributed by atoms with E-state index in [9.17, 15) is 14.0 Å². The fourth-order valence-electron chi connectivity index (χ4n) is 3.06. The van der Waals surface area contributed by atoms with Crippen molar-refractivity contribution in [2.75, 3.05) is 4.90 Å². The van der Waals surface area contributed by atoms with E-state index in [0.29, 0.717) is 11.4 Å². The quantitative estimate of drug-likeness (QED) is 0.659. The van der Waals surface area contributed by atoms with Gasteiger partial charge in [-0.05, 0) is 31.2 Å². The Bertz CT molecular complexity index is 985. The molecule has 136 valence electrons. The average Bonchev–Trinajstić information content (AvgIpc) is 3.23. The van der Waals surface area contributed by atoms with Gasteiger partial charge in [0.1, 0.15) is 18.4 Å². The minimum Gasteiger partial charge on any atom is -0.439 e. The van der Waals surface area contributed by atoms with Crippen LogP contribution in [0.3, 0.4) is 0 Å². The lowest BCUT2D eigenvalue weighted by Gasteiger charge is -2.19. The Labute approximate surface area is 154 Å². The molecule has 0 N–H and O–H groups in total. The minimum atomic E-state index is -0.688. The fraction of sp³-hybridized carbons (Fsp3) is 0.150. The average molecular weight is 365 g/mol. The van der Waals surface area contributed by atoms with Gasteiger partial charge in [-0.2, -0.15) is 0 Å². The summed E-state index contributed by atoms with van der Waals surface area (Å²) in [4.78, 5) is 31.9. The second-order valence-electron chi connectivity index (χ2n) is 6.21. The largest absolute Gasteiger partial charge is 0.439 e. The van der Waals surface area contributed by atoms with Crippen LogP contribution in [-0.2, 0) is 11.3 Å². The van der Waals surface area contributed by atoms with Crippen LogP contribution < -0.4 is 4.90 Å². The van der Waals surface area contributed by atoms with Crippen molar-refractivity contribution in [1.82, 2.24) is 9.88 Å². The molecule has 2 heterocycles. The van der Waals surface area contributed by atoms with E-state index in [1.54, 1.807) is 13.1 Å². The number of imide groups is 1. The van der Waals surface area contributed by atoms with Crippen molar-refractivity contribution in [2.45, 2.75) is 19.5 Å². The van der Waals surface area contributed by atoms with Gasteiger partial charge < -0.3 is 4.42 Å². The first-order valence-corrected chi connectivity index (χ1v) is 8.45. The second kappa shape index (κ2) is 6.68. The van der Waals surface area contributed by atoms with Gasteiger partial charge in [0.2, 0.25) is 5.89 Å². The number of halogens is 1. The van der Waals surface area contributed by atoms with E-state index in [4.69, 9.17) is 4.42 Å². The molecule has 1 saturated heterocycles. The molecule has 27 heavy (non-hydrogen) atoms. The fourth-order valence-corrected chi connectivity index (χ4v) is 3.06. The van der Waals surface area contributed by atoms with E-state index in [0.717, 1.165) is 10.5 Å². The molecule has 0 unspecified atom stereocenters. The number of nitrogens with zero attached hydrogens (tertiary/aromatic N) is 3. The summed E-state index contributed by atoms with van der Waals surface area (Å²) in [6, 6.07) is 13.7. The predicted molar refractivity (Wildman–Crippen MR) is 96.2 cm³/mol. The molecule has 3 amide bonds. The van der Waals surface area contributed by atoms with Crippen LogP contribution in [0, 0.1) is 5.82 Å². The molecule has 0 saturated carbocycles. The number of oxazole rings is 1. The molecule has 1 aliphatic heterocycles. The summed E-state index contributed by atoms with van der Waals surface area (Å²) < 4.78 is 18.8. The van der Waals surface area contributed by atoms with Crippen LogP contribution in [0.4, 0.5) is 14.9 Å². The zero-order valence-corrected chi connectivity index (χ0v) is 14.5. The number of aromatic nitrogens is 1.